The molecule has 0 radical (unpaired) electrons. The number of aromatic amines is 1. The normalized spacial score (nSPS) is 8.81. The van der Waals surface area contributed by atoms with Crippen molar-refractivity contribution < 1.29 is 11.7 Å². The maximum absolute atomic E-state index is 8.47. The molecule has 1 aromatic carbocycles. The highest BCUT2D eigenvalue weighted by molar-refractivity contribution is 5.80. The minimum absolute atomic E-state index is 0. The second kappa shape index (κ2) is 8.91. The van der Waals surface area contributed by atoms with Crippen molar-refractivity contribution in [3.8, 4) is 0 Å². The number of hydrogen-bond donors (Lipinski definition) is 4. The number of aliphatic hydroxyl groups is 1. The van der Waals surface area contributed by atoms with E-state index in [0.29, 0.717) is 6.54 Å². The van der Waals surface area contributed by atoms with Crippen LogP contribution in [0.4, 0.5) is 0 Å². The molecule has 0 bridgehead atoms. The van der Waals surface area contributed by atoms with Gasteiger partial charge in [-0.3, -0.25) is 0 Å². The lowest BCUT2D eigenvalue weighted by Gasteiger charge is -1.90. The first-order valence-corrected chi connectivity index (χ1v) is 5.28. The number of hydroxylamine groups is 1. The van der Waals surface area contributed by atoms with Gasteiger partial charge in [0.2, 0.25) is 0 Å². The summed E-state index contributed by atoms with van der Waals surface area (Å²) in [6, 6.07) is 10.0. The maximum atomic E-state index is 8.47. The molecule has 0 unspecified atom stereocenters. The molecule has 0 fully saturated rings. The maximum Gasteiger partial charge on any atom is 0.0609 e. The van der Waals surface area contributed by atoms with Crippen LogP contribution in [0.3, 0.4) is 0 Å². The predicted molar refractivity (Wildman–Crippen MR) is 68.5 cm³/mol. The lowest BCUT2D eigenvalue weighted by molar-refractivity contribution is 0.160. The van der Waals surface area contributed by atoms with E-state index in [1.165, 1.54) is 5.39 Å². The first kappa shape index (κ1) is 14.6. The molecule has 0 spiro atoms. The quantitative estimate of drug-likeness (QED) is 0.595. The van der Waals surface area contributed by atoms with Gasteiger partial charge in [0.25, 0.3) is 0 Å². The van der Waals surface area contributed by atoms with Crippen LogP contribution in [0.25, 0.3) is 10.9 Å². The van der Waals surface area contributed by atoms with Gasteiger partial charge in [-0.25, -0.2) is 0 Å². The van der Waals surface area contributed by atoms with Crippen molar-refractivity contribution in [2.45, 2.75) is 20.4 Å². The molecule has 4 heteroatoms. The third-order valence-corrected chi connectivity index (χ3v) is 1.86. The number of aliphatic hydroxyl groups excluding tert-OH is 1. The summed E-state index contributed by atoms with van der Waals surface area (Å²) in [7, 11) is 1.00. The largest absolute Gasteiger partial charge is 0.400 e. The van der Waals surface area contributed by atoms with E-state index in [2.05, 4.69) is 10.5 Å². The van der Waals surface area contributed by atoms with Crippen molar-refractivity contribution in [3.63, 3.8) is 0 Å². The van der Waals surface area contributed by atoms with Gasteiger partial charge < -0.3 is 15.3 Å². The molecule has 1 aromatic heterocycles. The van der Waals surface area contributed by atoms with E-state index in [4.69, 9.17) is 10.3 Å². The van der Waals surface area contributed by atoms with Crippen LogP contribution in [0.2, 0.25) is 0 Å². The first-order chi connectivity index (χ1) is 7.90. The summed E-state index contributed by atoms with van der Waals surface area (Å²) in [5.41, 5.74) is 4.20. The van der Waals surface area contributed by atoms with Crippen molar-refractivity contribution in [1.29, 1.82) is 0 Å². The third-order valence-electron chi connectivity index (χ3n) is 1.86. The molecule has 0 aliphatic carbocycles. The average molecular weight is 226 g/mol. The number of rotatable bonds is 2. The number of H-pyrrole nitrogens is 1. The number of aromatic nitrogens is 1. The lowest BCUT2D eigenvalue weighted by atomic mass is 10.2. The molecule has 4 N–H and O–H groups in total. The smallest absolute Gasteiger partial charge is 0.0609 e. The molecule has 0 saturated carbocycles. The molecule has 0 amide bonds. The fraction of sp³-hybridized carbons (Fsp3) is 0.333. The van der Waals surface area contributed by atoms with Crippen LogP contribution in [-0.2, 0) is 6.54 Å². The zero-order chi connectivity index (χ0) is 12.4. The number of nitrogens with one attached hydrogen (secondary N) is 2. The van der Waals surface area contributed by atoms with Crippen LogP contribution in [0, 0.1) is 0 Å². The number of fused-ring (bicyclic) bond motifs is 1. The number of benzene rings is 1. The molecule has 0 aliphatic rings. The monoisotopic (exact) mass is 226 g/mol. The van der Waals surface area contributed by atoms with E-state index >= 15 is 0 Å². The van der Waals surface area contributed by atoms with E-state index in [9.17, 15) is 0 Å². The summed E-state index contributed by atoms with van der Waals surface area (Å²) >= 11 is 0. The lowest BCUT2D eigenvalue weighted by Crippen LogP contribution is -2.05. The Morgan fingerprint density at radius 2 is 1.88 bits per heavy atom. The van der Waals surface area contributed by atoms with E-state index in [1.54, 1.807) is 0 Å². The summed E-state index contributed by atoms with van der Waals surface area (Å²) in [5.74, 6) is 0. The minimum atomic E-state index is 0. The Kier molecular flexibility index (Phi) is 8.15. The van der Waals surface area contributed by atoms with Gasteiger partial charge in [0.1, 0.15) is 0 Å². The summed E-state index contributed by atoms with van der Waals surface area (Å²) in [6.07, 6.45) is 0. The SMILES string of the molecule is CC.CO.ONCc1cc2ccccc2[nH]1.[HH]. The van der Waals surface area contributed by atoms with Crippen LogP contribution in [0.15, 0.2) is 30.3 Å². The van der Waals surface area contributed by atoms with E-state index in [-0.39, 0.29) is 1.43 Å². The Bertz CT molecular complexity index is 358. The molecule has 4 nitrogen and oxygen atoms in total. The Balaban J connectivity index is 0. The molecule has 92 valence electrons. The molecule has 2 rings (SSSR count). The second-order valence-corrected chi connectivity index (χ2v) is 2.72. The molecule has 1 heterocycles. The zero-order valence-electron chi connectivity index (χ0n) is 9.99. The molecular formula is C12H22N2O2. The summed E-state index contributed by atoms with van der Waals surface area (Å²) in [6.45, 7) is 4.45. The van der Waals surface area contributed by atoms with Crippen LogP contribution in [0.5, 0.6) is 0 Å². The van der Waals surface area contributed by atoms with Gasteiger partial charge in [-0.1, -0.05) is 32.0 Å². The van der Waals surface area contributed by atoms with Gasteiger partial charge >= 0.3 is 0 Å². The molecular weight excluding hydrogens is 204 g/mol. The van der Waals surface area contributed by atoms with Gasteiger partial charge in [0.15, 0.2) is 0 Å². The Morgan fingerprint density at radius 1 is 1.25 bits per heavy atom. The predicted octanol–water partition coefficient (Wildman–Crippen LogP) is 2.53. The standard InChI is InChI=1S/C9H10N2O.C2H6.CH4O.H2/c12-10-6-8-5-7-3-1-2-4-9(7)11-8;2*1-2;/h1-5,10-12H,6H2;1-2H3;2H,1H3;1H. The number of para-hydroxylation sites is 1. The Morgan fingerprint density at radius 3 is 2.44 bits per heavy atom. The molecule has 16 heavy (non-hydrogen) atoms. The summed E-state index contributed by atoms with van der Waals surface area (Å²) in [4.78, 5) is 3.17. The van der Waals surface area contributed by atoms with Crippen LogP contribution >= 0.6 is 0 Å². The van der Waals surface area contributed by atoms with Crippen molar-refractivity contribution in [2.24, 2.45) is 0 Å². The van der Waals surface area contributed by atoms with E-state index < -0.39 is 0 Å². The van der Waals surface area contributed by atoms with Crippen molar-refractivity contribution in [1.82, 2.24) is 10.5 Å². The zero-order valence-corrected chi connectivity index (χ0v) is 9.99. The van der Waals surface area contributed by atoms with E-state index in [1.807, 2.05) is 44.2 Å². The van der Waals surface area contributed by atoms with Crippen LogP contribution < -0.4 is 5.48 Å². The first-order valence-electron chi connectivity index (χ1n) is 5.28. The van der Waals surface area contributed by atoms with Gasteiger partial charge in [-0.05, 0) is 17.5 Å². The summed E-state index contributed by atoms with van der Waals surface area (Å²) < 4.78 is 0. The highest BCUT2D eigenvalue weighted by Crippen LogP contribution is 2.13. The highest BCUT2D eigenvalue weighted by Gasteiger charge is 1.97. The number of hydrogen-bond acceptors (Lipinski definition) is 3. The van der Waals surface area contributed by atoms with E-state index in [0.717, 1.165) is 18.3 Å². The van der Waals surface area contributed by atoms with Gasteiger partial charge in [0, 0.05) is 19.7 Å². The second-order valence-electron chi connectivity index (χ2n) is 2.72. The highest BCUT2D eigenvalue weighted by atomic mass is 16.5. The van der Waals surface area contributed by atoms with Gasteiger partial charge in [-0.2, -0.15) is 5.48 Å². The van der Waals surface area contributed by atoms with Crippen molar-refractivity contribution in [3.05, 3.63) is 36.0 Å². The Labute approximate surface area is 97.4 Å². The van der Waals surface area contributed by atoms with Crippen LogP contribution in [-0.4, -0.2) is 22.4 Å². The summed E-state index contributed by atoms with van der Waals surface area (Å²) in [5, 5.41) is 16.6. The topological polar surface area (TPSA) is 68.3 Å². The average Bonchev–Trinajstić information content (AvgIpc) is 2.77. The fourth-order valence-electron chi connectivity index (χ4n) is 1.31. The van der Waals surface area contributed by atoms with Gasteiger partial charge in [0.05, 0.1) is 6.54 Å². The van der Waals surface area contributed by atoms with Crippen molar-refractivity contribution >= 4 is 10.9 Å². The molecule has 0 aliphatic heterocycles. The third kappa shape index (κ3) is 4.02. The fourth-order valence-corrected chi connectivity index (χ4v) is 1.31. The van der Waals surface area contributed by atoms with Crippen LogP contribution in [0.1, 0.15) is 21.0 Å². The molecule has 0 saturated heterocycles. The molecule has 2 aromatic rings. The minimum Gasteiger partial charge on any atom is -0.400 e. The van der Waals surface area contributed by atoms with Gasteiger partial charge in [-0.15, -0.1) is 0 Å². The Hall–Kier alpha value is -1.36. The van der Waals surface area contributed by atoms with Crippen molar-refractivity contribution in [2.75, 3.05) is 7.11 Å². The molecule has 0 atom stereocenters.